The lowest BCUT2D eigenvalue weighted by Crippen LogP contribution is -2.31. The second-order valence-electron chi connectivity index (χ2n) is 2.84. The molecule has 1 unspecified atom stereocenters. The van der Waals surface area contributed by atoms with Gasteiger partial charge < -0.3 is 4.90 Å². The highest BCUT2D eigenvalue weighted by atomic mass is 79.9. The zero-order valence-corrected chi connectivity index (χ0v) is 9.93. The summed E-state index contributed by atoms with van der Waals surface area (Å²) < 4.78 is 0. The van der Waals surface area contributed by atoms with Gasteiger partial charge in [0.15, 0.2) is 0 Å². The zero-order valence-electron chi connectivity index (χ0n) is 7.53. The molecule has 0 saturated heterocycles. The number of rotatable bonds is 3. The standard InChI is InChI=1S/C8H11BrN2OS/c1-6(9)3-11(2)8(12)7-4-13-5-10-7/h4-6H,3H2,1-2H3. The molecule has 0 N–H and O–H groups in total. The van der Waals surface area contributed by atoms with E-state index in [2.05, 4.69) is 20.9 Å². The van der Waals surface area contributed by atoms with Crippen LogP contribution >= 0.6 is 27.3 Å². The Bertz CT molecular complexity index is 274. The van der Waals surface area contributed by atoms with E-state index in [-0.39, 0.29) is 5.91 Å². The predicted molar refractivity (Wildman–Crippen MR) is 57.5 cm³/mol. The van der Waals surface area contributed by atoms with Crippen molar-refractivity contribution in [2.75, 3.05) is 13.6 Å². The van der Waals surface area contributed by atoms with Crippen LogP contribution in [-0.2, 0) is 0 Å². The van der Waals surface area contributed by atoms with Gasteiger partial charge in [-0.25, -0.2) is 4.98 Å². The minimum Gasteiger partial charge on any atom is -0.339 e. The number of hydrogen-bond acceptors (Lipinski definition) is 3. The van der Waals surface area contributed by atoms with Crippen molar-refractivity contribution in [3.63, 3.8) is 0 Å². The first kappa shape index (κ1) is 10.7. The van der Waals surface area contributed by atoms with Gasteiger partial charge in [-0.2, -0.15) is 0 Å². The van der Waals surface area contributed by atoms with Gasteiger partial charge in [0.25, 0.3) is 5.91 Å². The Labute approximate surface area is 89.9 Å². The van der Waals surface area contributed by atoms with E-state index in [1.807, 2.05) is 6.92 Å². The molecule has 0 spiro atoms. The Morgan fingerprint density at radius 3 is 3.00 bits per heavy atom. The molecule has 1 aromatic heterocycles. The molecule has 1 aromatic rings. The van der Waals surface area contributed by atoms with Crippen molar-refractivity contribution in [3.8, 4) is 0 Å². The summed E-state index contributed by atoms with van der Waals surface area (Å²) in [7, 11) is 1.78. The number of thiazole rings is 1. The van der Waals surface area contributed by atoms with Crippen LogP contribution in [0.1, 0.15) is 17.4 Å². The van der Waals surface area contributed by atoms with Crippen LogP contribution in [0.4, 0.5) is 0 Å². The van der Waals surface area contributed by atoms with E-state index in [4.69, 9.17) is 0 Å². The summed E-state index contributed by atoms with van der Waals surface area (Å²) in [6.45, 7) is 2.70. The number of carbonyl (C=O) groups is 1. The van der Waals surface area contributed by atoms with Crippen LogP contribution in [0.25, 0.3) is 0 Å². The lowest BCUT2D eigenvalue weighted by Gasteiger charge is -2.16. The molecule has 0 aliphatic rings. The lowest BCUT2D eigenvalue weighted by molar-refractivity contribution is 0.0792. The largest absolute Gasteiger partial charge is 0.339 e. The highest BCUT2D eigenvalue weighted by Gasteiger charge is 2.14. The van der Waals surface area contributed by atoms with Gasteiger partial charge in [-0.1, -0.05) is 22.9 Å². The number of alkyl halides is 1. The highest BCUT2D eigenvalue weighted by molar-refractivity contribution is 9.09. The SMILES string of the molecule is CC(Br)CN(C)C(=O)c1cscn1. The maximum absolute atomic E-state index is 11.6. The van der Waals surface area contributed by atoms with Crippen LogP contribution in [0.5, 0.6) is 0 Å². The number of hydrogen-bond donors (Lipinski definition) is 0. The number of nitrogens with zero attached hydrogens (tertiary/aromatic N) is 2. The first-order chi connectivity index (χ1) is 6.11. The average molecular weight is 263 g/mol. The molecular weight excluding hydrogens is 252 g/mol. The molecule has 0 radical (unpaired) electrons. The summed E-state index contributed by atoms with van der Waals surface area (Å²) in [5, 5.41) is 1.76. The number of halogens is 1. The topological polar surface area (TPSA) is 33.2 Å². The Morgan fingerprint density at radius 2 is 2.54 bits per heavy atom. The van der Waals surface area contributed by atoms with Crippen LogP contribution in [0.15, 0.2) is 10.9 Å². The molecule has 0 fully saturated rings. The van der Waals surface area contributed by atoms with Crippen LogP contribution < -0.4 is 0 Å². The minimum atomic E-state index is -0.0208. The van der Waals surface area contributed by atoms with Crippen molar-refractivity contribution >= 4 is 33.2 Å². The summed E-state index contributed by atoms with van der Waals surface area (Å²) in [6, 6.07) is 0. The Morgan fingerprint density at radius 1 is 1.85 bits per heavy atom. The molecule has 5 heteroatoms. The fourth-order valence-electron chi connectivity index (χ4n) is 0.974. The van der Waals surface area contributed by atoms with Gasteiger partial charge >= 0.3 is 0 Å². The molecule has 13 heavy (non-hydrogen) atoms. The van der Waals surface area contributed by atoms with Gasteiger partial charge in [0.1, 0.15) is 5.69 Å². The first-order valence-electron chi connectivity index (χ1n) is 3.89. The first-order valence-corrected chi connectivity index (χ1v) is 5.75. The predicted octanol–water partition coefficient (Wildman–Crippen LogP) is 2.00. The fraction of sp³-hybridized carbons (Fsp3) is 0.500. The minimum absolute atomic E-state index is 0.0208. The normalized spacial score (nSPS) is 12.5. The Balaban J connectivity index is 2.58. The summed E-state index contributed by atoms with van der Waals surface area (Å²) in [6.07, 6.45) is 0. The molecule has 1 heterocycles. The summed E-state index contributed by atoms with van der Waals surface area (Å²) >= 11 is 4.83. The van der Waals surface area contributed by atoms with E-state index in [1.54, 1.807) is 22.8 Å². The van der Waals surface area contributed by atoms with Crippen molar-refractivity contribution in [2.24, 2.45) is 0 Å². The zero-order chi connectivity index (χ0) is 9.84. The smallest absolute Gasteiger partial charge is 0.273 e. The van der Waals surface area contributed by atoms with Crippen LogP contribution in [0.2, 0.25) is 0 Å². The summed E-state index contributed by atoms with van der Waals surface area (Å²) in [5.74, 6) is -0.0208. The van der Waals surface area contributed by atoms with E-state index in [1.165, 1.54) is 11.3 Å². The van der Waals surface area contributed by atoms with Gasteiger partial charge in [0.05, 0.1) is 5.51 Å². The van der Waals surface area contributed by atoms with E-state index in [0.29, 0.717) is 17.1 Å². The van der Waals surface area contributed by atoms with E-state index >= 15 is 0 Å². The molecule has 72 valence electrons. The van der Waals surface area contributed by atoms with Crippen LogP contribution in [0.3, 0.4) is 0 Å². The third-order valence-electron chi connectivity index (χ3n) is 1.52. The fourth-order valence-corrected chi connectivity index (χ4v) is 1.93. The average Bonchev–Trinajstić information content (AvgIpc) is 2.53. The second kappa shape index (κ2) is 4.72. The molecule has 0 aliphatic heterocycles. The molecule has 1 rings (SSSR count). The molecule has 1 atom stereocenters. The molecule has 0 aromatic carbocycles. The molecule has 0 bridgehead atoms. The molecule has 0 aliphatic carbocycles. The summed E-state index contributed by atoms with van der Waals surface area (Å²) in [4.78, 5) is 17.5. The Hall–Kier alpha value is -0.420. The van der Waals surface area contributed by atoms with Gasteiger partial charge in [-0.05, 0) is 0 Å². The van der Waals surface area contributed by atoms with Crippen LogP contribution in [-0.4, -0.2) is 34.2 Å². The van der Waals surface area contributed by atoms with Crippen LogP contribution in [0, 0.1) is 0 Å². The van der Waals surface area contributed by atoms with E-state index in [9.17, 15) is 4.79 Å². The van der Waals surface area contributed by atoms with Crippen molar-refractivity contribution in [1.29, 1.82) is 0 Å². The van der Waals surface area contributed by atoms with Gasteiger partial charge in [-0.15, -0.1) is 11.3 Å². The van der Waals surface area contributed by atoms with Gasteiger partial charge in [-0.3, -0.25) is 4.79 Å². The maximum Gasteiger partial charge on any atom is 0.273 e. The quantitative estimate of drug-likeness (QED) is 0.781. The highest BCUT2D eigenvalue weighted by Crippen LogP contribution is 2.06. The third kappa shape index (κ3) is 3.08. The van der Waals surface area contributed by atoms with E-state index < -0.39 is 0 Å². The molecule has 1 amide bonds. The molecule has 3 nitrogen and oxygen atoms in total. The van der Waals surface area contributed by atoms with Crippen molar-refractivity contribution in [2.45, 2.75) is 11.8 Å². The summed E-state index contributed by atoms with van der Waals surface area (Å²) in [5.41, 5.74) is 2.19. The third-order valence-corrected chi connectivity index (χ3v) is 2.40. The van der Waals surface area contributed by atoms with Crippen molar-refractivity contribution < 1.29 is 4.79 Å². The van der Waals surface area contributed by atoms with Gasteiger partial charge in [0, 0.05) is 23.8 Å². The number of amides is 1. The Kier molecular flexibility index (Phi) is 3.87. The molecule has 0 saturated carbocycles. The lowest BCUT2D eigenvalue weighted by atomic mass is 10.4. The van der Waals surface area contributed by atoms with E-state index in [0.717, 1.165) is 0 Å². The monoisotopic (exact) mass is 262 g/mol. The molecular formula is C8H11BrN2OS. The number of aromatic nitrogens is 1. The van der Waals surface area contributed by atoms with Crippen molar-refractivity contribution in [3.05, 3.63) is 16.6 Å². The van der Waals surface area contributed by atoms with Crippen molar-refractivity contribution in [1.82, 2.24) is 9.88 Å². The maximum atomic E-state index is 11.6. The second-order valence-corrected chi connectivity index (χ2v) is 5.12. The van der Waals surface area contributed by atoms with Gasteiger partial charge in [0.2, 0.25) is 0 Å². The number of carbonyl (C=O) groups excluding carboxylic acids is 1.